The van der Waals surface area contributed by atoms with Crippen molar-refractivity contribution in [3.63, 3.8) is 0 Å². The second-order valence-corrected chi connectivity index (χ2v) is 7.93. The first-order chi connectivity index (χ1) is 12.9. The minimum absolute atomic E-state index is 0.0173. The molecule has 0 bridgehead atoms. The molecule has 144 valence electrons. The number of carbonyl (C=O) groups excluding carboxylic acids is 1. The fourth-order valence-electron chi connectivity index (χ4n) is 2.73. The normalized spacial score (nSPS) is 16.3. The molecule has 1 atom stereocenters. The van der Waals surface area contributed by atoms with E-state index in [4.69, 9.17) is 25.8 Å². The van der Waals surface area contributed by atoms with Crippen LogP contribution in [0, 0.1) is 0 Å². The maximum absolute atomic E-state index is 13.2. The van der Waals surface area contributed by atoms with Crippen LogP contribution in [0.2, 0.25) is 5.02 Å². The van der Waals surface area contributed by atoms with Gasteiger partial charge in [-0.25, -0.2) is 13.2 Å². The van der Waals surface area contributed by atoms with Gasteiger partial charge in [-0.2, -0.15) is 0 Å². The lowest BCUT2D eigenvalue weighted by molar-refractivity contribution is -0.148. The van der Waals surface area contributed by atoms with Gasteiger partial charge in [-0.1, -0.05) is 23.7 Å². The Morgan fingerprint density at radius 3 is 2.70 bits per heavy atom. The van der Waals surface area contributed by atoms with E-state index < -0.39 is 22.1 Å². The molecule has 0 saturated heterocycles. The summed E-state index contributed by atoms with van der Waals surface area (Å²) in [6.07, 6.45) is -1.07. The van der Waals surface area contributed by atoms with Crippen molar-refractivity contribution in [2.24, 2.45) is 0 Å². The van der Waals surface area contributed by atoms with Crippen molar-refractivity contribution in [1.29, 1.82) is 0 Å². The van der Waals surface area contributed by atoms with Crippen molar-refractivity contribution in [2.45, 2.75) is 17.9 Å². The zero-order chi connectivity index (χ0) is 19.6. The lowest BCUT2D eigenvalue weighted by Gasteiger charge is -2.34. The number of esters is 1. The molecular formula is C18H18ClNO6S. The van der Waals surface area contributed by atoms with Gasteiger partial charge in [0, 0.05) is 0 Å². The van der Waals surface area contributed by atoms with Crippen LogP contribution >= 0.6 is 11.6 Å². The number of rotatable bonds is 5. The van der Waals surface area contributed by atoms with E-state index in [1.54, 1.807) is 31.2 Å². The zero-order valence-corrected chi connectivity index (χ0v) is 16.3. The van der Waals surface area contributed by atoms with Gasteiger partial charge in [0.25, 0.3) is 10.0 Å². The van der Waals surface area contributed by atoms with Crippen molar-refractivity contribution in [2.75, 3.05) is 24.6 Å². The summed E-state index contributed by atoms with van der Waals surface area (Å²) >= 11 is 6.15. The molecule has 9 heteroatoms. The monoisotopic (exact) mass is 411 g/mol. The van der Waals surface area contributed by atoms with E-state index in [-0.39, 0.29) is 22.2 Å². The Labute approximate surface area is 162 Å². The molecule has 3 rings (SSSR count). The van der Waals surface area contributed by atoms with Gasteiger partial charge >= 0.3 is 5.97 Å². The van der Waals surface area contributed by atoms with Crippen LogP contribution in [-0.2, 0) is 19.6 Å². The minimum Gasteiger partial charge on any atom is -0.492 e. The van der Waals surface area contributed by atoms with Crippen LogP contribution in [0.1, 0.15) is 6.92 Å². The lowest BCUT2D eigenvalue weighted by atomic mass is 10.2. The SMILES string of the molecule is CCOc1ccc(S(=O)(=O)N2CC(C(=O)OC)Oc3ccccc32)cc1Cl. The third-order valence-electron chi connectivity index (χ3n) is 3.99. The highest BCUT2D eigenvalue weighted by Crippen LogP contribution is 2.38. The lowest BCUT2D eigenvalue weighted by Crippen LogP contribution is -2.47. The van der Waals surface area contributed by atoms with Gasteiger partial charge in [0.1, 0.15) is 11.5 Å². The maximum atomic E-state index is 13.2. The second-order valence-electron chi connectivity index (χ2n) is 5.66. The highest BCUT2D eigenvalue weighted by Gasteiger charge is 2.38. The van der Waals surface area contributed by atoms with Gasteiger partial charge in [-0.05, 0) is 37.3 Å². The van der Waals surface area contributed by atoms with Crippen molar-refractivity contribution in [3.05, 3.63) is 47.5 Å². The summed E-state index contributed by atoms with van der Waals surface area (Å²) in [7, 11) is -2.78. The molecule has 1 aliphatic rings. The van der Waals surface area contributed by atoms with E-state index in [0.717, 1.165) is 4.31 Å². The number of sulfonamides is 1. The van der Waals surface area contributed by atoms with Crippen LogP contribution in [0.25, 0.3) is 0 Å². The number of carbonyl (C=O) groups is 1. The van der Waals surface area contributed by atoms with Crippen molar-refractivity contribution in [3.8, 4) is 11.5 Å². The van der Waals surface area contributed by atoms with E-state index in [9.17, 15) is 13.2 Å². The predicted molar refractivity (Wildman–Crippen MR) is 100 cm³/mol. The molecule has 0 saturated carbocycles. The highest BCUT2D eigenvalue weighted by molar-refractivity contribution is 7.92. The quantitative estimate of drug-likeness (QED) is 0.703. The Bertz CT molecular complexity index is 962. The highest BCUT2D eigenvalue weighted by atomic mass is 35.5. The molecule has 1 heterocycles. The molecule has 27 heavy (non-hydrogen) atoms. The van der Waals surface area contributed by atoms with E-state index in [2.05, 4.69) is 0 Å². The Kier molecular flexibility index (Phi) is 5.48. The van der Waals surface area contributed by atoms with Crippen molar-refractivity contribution in [1.82, 2.24) is 0 Å². The topological polar surface area (TPSA) is 82.1 Å². The van der Waals surface area contributed by atoms with Gasteiger partial charge in [0.2, 0.25) is 6.10 Å². The first kappa shape index (κ1) is 19.3. The molecule has 0 aliphatic carbocycles. The number of para-hydroxylation sites is 2. The van der Waals surface area contributed by atoms with Gasteiger partial charge in [-0.15, -0.1) is 0 Å². The van der Waals surface area contributed by atoms with Crippen LogP contribution in [0.15, 0.2) is 47.4 Å². The van der Waals surface area contributed by atoms with Gasteiger partial charge in [-0.3, -0.25) is 4.31 Å². The standard InChI is InChI=1S/C18H18ClNO6S/c1-3-25-15-9-8-12(10-13(15)19)27(22,23)20-11-17(18(21)24-2)26-16-7-5-4-6-14(16)20/h4-10,17H,3,11H2,1-2H3. The smallest absolute Gasteiger partial charge is 0.348 e. The van der Waals surface area contributed by atoms with E-state index in [0.29, 0.717) is 18.0 Å². The molecule has 7 nitrogen and oxygen atoms in total. The first-order valence-electron chi connectivity index (χ1n) is 8.17. The second kappa shape index (κ2) is 7.66. The van der Waals surface area contributed by atoms with Crippen molar-refractivity contribution < 1.29 is 27.4 Å². The van der Waals surface area contributed by atoms with E-state index in [1.807, 2.05) is 0 Å². The zero-order valence-electron chi connectivity index (χ0n) is 14.7. The van der Waals surface area contributed by atoms with Crippen LogP contribution in [0.5, 0.6) is 11.5 Å². The van der Waals surface area contributed by atoms with Crippen LogP contribution in [0.3, 0.4) is 0 Å². The number of anilines is 1. The van der Waals surface area contributed by atoms with Gasteiger partial charge in [0.15, 0.2) is 0 Å². The Morgan fingerprint density at radius 2 is 2.04 bits per heavy atom. The Morgan fingerprint density at radius 1 is 1.30 bits per heavy atom. The fourth-order valence-corrected chi connectivity index (χ4v) is 4.53. The third-order valence-corrected chi connectivity index (χ3v) is 6.06. The summed E-state index contributed by atoms with van der Waals surface area (Å²) in [6.45, 7) is 2.00. The minimum atomic E-state index is -4.00. The molecule has 0 fully saturated rings. The number of nitrogens with zero attached hydrogens (tertiary/aromatic N) is 1. The molecule has 1 unspecified atom stereocenters. The number of fused-ring (bicyclic) bond motifs is 1. The number of benzene rings is 2. The molecule has 2 aromatic carbocycles. The number of ether oxygens (including phenoxy) is 3. The van der Waals surface area contributed by atoms with Crippen LogP contribution in [0.4, 0.5) is 5.69 Å². The summed E-state index contributed by atoms with van der Waals surface area (Å²) in [4.78, 5) is 11.9. The average Bonchev–Trinajstić information content (AvgIpc) is 2.68. The third kappa shape index (κ3) is 3.68. The van der Waals surface area contributed by atoms with Crippen LogP contribution in [-0.4, -0.2) is 40.8 Å². The summed E-state index contributed by atoms with van der Waals surface area (Å²) < 4.78 is 43.3. The largest absolute Gasteiger partial charge is 0.492 e. The molecule has 0 N–H and O–H groups in total. The first-order valence-corrected chi connectivity index (χ1v) is 9.99. The molecular weight excluding hydrogens is 394 g/mol. The van der Waals surface area contributed by atoms with Gasteiger partial charge < -0.3 is 14.2 Å². The van der Waals surface area contributed by atoms with Crippen LogP contribution < -0.4 is 13.8 Å². The molecule has 0 spiro atoms. The van der Waals surface area contributed by atoms with Crippen molar-refractivity contribution >= 4 is 33.3 Å². The predicted octanol–water partition coefficient (Wildman–Crippen LogP) is 2.87. The molecule has 2 aromatic rings. The number of halogens is 1. The molecule has 0 radical (unpaired) electrons. The van der Waals surface area contributed by atoms with E-state index >= 15 is 0 Å². The fraction of sp³-hybridized carbons (Fsp3) is 0.278. The summed E-state index contributed by atoms with van der Waals surface area (Å²) in [5.41, 5.74) is 0.336. The molecule has 0 amide bonds. The summed E-state index contributed by atoms with van der Waals surface area (Å²) in [6, 6.07) is 10.8. The molecule has 1 aliphatic heterocycles. The maximum Gasteiger partial charge on any atom is 0.348 e. The molecule has 0 aromatic heterocycles. The number of hydrogen-bond donors (Lipinski definition) is 0. The summed E-state index contributed by atoms with van der Waals surface area (Å²) in [5.74, 6) is 0.0159. The average molecular weight is 412 g/mol. The Hall–Kier alpha value is -2.45. The Balaban J connectivity index is 2.04. The van der Waals surface area contributed by atoms with E-state index in [1.165, 1.54) is 25.3 Å². The number of hydrogen-bond acceptors (Lipinski definition) is 6. The number of methoxy groups -OCH3 is 1. The van der Waals surface area contributed by atoms with Gasteiger partial charge in [0.05, 0.1) is 35.9 Å². The summed E-state index contributed by atoms with van der Waals surface area (Å²) in [5, 5.41) is 0.184.